The van der Waals surface area contributed by atoms with E-state index in [0.29, 0.717) is 5.92 Å². The SMILES string of the molecule is CC(C)c1ccc(N2CCNC(C)(C)C2)cc1. The standard InChI is InChI=1S/C15H24N2/c1-12(2)13-5-7-14(8-6-13)17-10-9-16-15(3,4)11-17/h5-8,12,16H,9-11H2,1-4H3. The van der Waals surface area contributed by atoms with Crippen LogP contribution < -0.4 is 10.2 Å². The largest absolute Gasteiger partial charge is 0.368 e. The quantitative estimate of drug-likeness (QED) is 0.843. The molecule has 1 aromatic rings. The van der Waals surface area contributed by atoms with Crippen LogP contribution in [0, 0.1) is 0 Å². The molecule has 2 rings (SSSR count). The summed E-state index contributed by atoms with van der Waals surface area (Å²) in [7, 11) is 0. The zero-order chi connectivity index (χ0) is 12.5. The van der Waals surface area contributed by atoms with Crippen molar-refractivity contribution in [3.8, 4) is 0 Å². The van der Waals surface area contributed by atoms with Crippen LogP contribution >= 0.6 is 0 Å². The second-order valence-electron chi connectivity index (χ2n) is 5.98. The van der Waals surface area contributed by atoms with Crippen molar-refractivity contribution in [2.45, 2.75) is 39.2 Å². The minimum absolute atomic E-state index is 0.217. The Hall–Kier alpha value is -1.02. The molecule has 0 saturated carbocycles. The first-order chi connectivity index (χ1) is 7.98. The van der Waals surface area contributed by atoms with Crippen LogP contribution in [0.15, 0.2) is 24.3 Å². The Balaban J connectivity index is 2.12. The number of nitrogens with one attached hydrogen (secondary N) is 1. The molecule has 2 nitrogen and oxygen atoms in total. The summed E-state index contributed by atoms with van der Waals surface area (Å²) < 4.78 is 0. The molecule has 0 unspecified atom stereocenters. The summed E-state index contributed by atoms with van der Waals surface area (Å²) in [6.45, 7) is 12.3. The van der Waals surface area contributed by atoms with Gasteiger partial charge >= 0.3 is 0 Å². The van der Waals surface area contributed by atoms with Crippen LogP contribution in [0.2, 0.25) is 0 Å². The van der Waals surface area contributed by atoms with Gasteiger partial charge in [-0.05, 0) is 37.5 Å². The predicted octanol–water partition coefficient (Wildman–Crippen LogP) is 3.00. The van der Waals surface area contributed by atoms with E-state index in [1.54, 1.807) is 0 Å². The van der Waals surface area contributed by atoms with E-state index in [9.17, 15) is 0 Å². The molecule has 1 heterocycles. The Morgan fingerprint density at radius 1 is 1.18 bits per heavy atom. The highest BCUT2D eigenvalue weighted by atomic mass is 15.2. The summed E-state index contributed by atoms with van der Waals surface area (Å²) in [6, 6.07) is 9.04. The number of benzene rings is 1. The van der Waals surface area contributed by atoms with Gasteiger partial charge in [0.1, 0.15) is 0 Å². The third-order valence-corrected chi connectivity index (χ3v) is 3.50. The van der Waals surface area contributed by atoms with Gasteiger partial charge in [0.05, 0.1) is 0 Å². The topological polar surface area (TPSA) is 15.3 Å². The monoisotopic (exact) mass is 232 g/mol. The molecule has 0 amide bonds. The highest BCUT2D eigenvalue weighted by Crippen LogP contribution is 2.22. The van der Waals surface area contributed by atoms with Crippen molar-refractivity contribution < 1.29 is 0 Å². The first-order valence-electron chi connectivity index (χ1n) is 6.58. The van der Waals surface area contributed by atoms with Gasteiger partial charge in [0.15, 0.2) is 0 Å². The second-order valence-corrected chi connectivity index (χ2v) is 5.98. The smallest absolute Gasteiger partial charge is 0.0367 e. The fourth-order valence-electron chi connectivity index (χ4n) is 2.43. The van der Waals surface area contributed by atoms with Crippen molar-refractivity contribution in [1.29, 1.82) is 0 Å². The molecular formula is C15H24N2. The minimum atomic E-state index is 0.217. The Morgan fingerprint density at radius 3 is 2.35 bits per heavy atom. The van der Waals surface area contributed by atoms with E-state index in [1.165, 1.54) is 11.3 Å². The summed E-state index contributed by atoms with van der Waals surface area (Å²) >= 11 is 0. The van der Waals surface area contributed by atoms with Crippen molar-refractivity contribution in [1.82, 2.24) is 5.32 Å². The van der Waals surface area contributed by atoms with E-state index in [2.05, 4.69) is 62.2 Å². The summed E-state index contributed by atoms with van der Waals surface area (Å²) in [6.07, 6.45) is 0. The molecule has 1 aliphatic rings. The van der Waals surface area contributed by atoms with Gasteiger partial charge in [-0.25, -0.2) is 0 Å². The lowest BCUT2D eigenvalue weighted by atomic mass is 10.00. The molecule has 1 saturated heterocycles. The average Bonchev–Trinajstić information content (AvgIpc) is 2.28. The van der Waals surface area contributed by atoms with Crippen LogP contribution in [0.25, 0.3) is 0 Å². The number of anilines is 1. The minimum Gasteiger partial charge on any atom is -0.368 e. The van der Waals surface area contributed by atoms with Crippen LogP contribution in [0.3, 0.4) is 0 Å². The van der Waals surface area contributed by atoms with Gasteiger partial charge in [-0.15, -0.1) is 0 Å². The van der Waals surface area contributed by atoms with Crippen molar-refractivity contribution in [2.24, 2.45) is 0 Å². The number of hydrogen-bond acceptors (Lipinski definition) is 2. The fraction of sp³-hybridized carbons (Fsp3) is 0.600. The van der Waals surface area contributed by atoms with Gasteiger partial charge in [0.2, 0.25) is 0 Å². The first-order valence-corrected chi connectivity index (χ1v) is 6.58. The molecule has 1 aromatic carbocycles. The van der Waals surface area contributed by atoms with Gasteiger partial charge < -0.3 is 10.2 Å². The molecule has 0 atom stereocenters. The molecule has 94 valence electrons. The number of piperazine rings is 1. The summed E-state index contributed by atoms with van der Waals surface area (Å²) in [5.74, 6) is 0.614. The Bertz CT molecular complexity index is 365. The molecule has 0 aromatic heterocycles. The van der Waals surface area contributed by atoms with Crippen LogP contribution in [-0.2, 0) is 0 Å². The van der Waals surface area contributed by atoms with Crippen molar-refractivity contribution in [3.05, 3.63) is 29.8 Å². The average molecular weight is 232 g/mol. The van der Waals surface area contributed by atoms with Gasteiger partial charge in [0.25, 0.3) is 0 Å². The zero-order valence-corrected chi connectivity index (χ0v) is 11.5. The maximum Gasteiger partial charge on any atom is 0.0367 e. The Kier molecular flexibility index (Phi) is 3.43. The highest BCUT2D eigenvalue weighted by molar-refractivity contribution is 5.49. The highest BCUT2D eigenvalue weighted by Gasteiger charge is 2.25. The van der Waals surface area contributed by atoms with Crippen LogP contribution in [0.4, 0.5) is 5.69 Å². The van der Waals surface area contributed by atoms with Crippen molar-refractivity contribution >= 4 is 5.69 Å². The number of rotatable bonds is 2. The maximum atomic E-state index is 3.55. The molecule has 0 spiro atoms. The van der Waals surface area contributed by atoms with Crippen LogP contribution in [0.5, 0.6) is 0 Å². The zero-order valence-electron chi connectivity index (χ0n) is 11.5. The molecule has 2 heteroatoms. The molecule has 1 aliphatic heterocycles. The van der Waals surface area contributed by atoms with E-state index >= 15 is 0 Å². The lowest BCUT2D eigenvalue weighted by Crippen LogP contribution is -2.57. The fourth-order valence-corrected chi connectivity index (χ4v) is 2.43. The van der Waals surface area contributed by atoms with E-state index in [-0.39, 0.29) is 5.54 Å². The maximum absolute atomic E-state index is 3.55. The molecule has 0 radical (unpaired) electrons. The molecule has 0 bridgehead atoms. The molecular weight excluding hydrogens is 208 g/mol. The molecule has 0 aliphatic carbocycles. The Morgan fingerprint density at radius 2 is 1.82 bits per heavy atom. The van der Waals surface area contributed by atoms with Crippen molar-refractivity contribution in [2.75, 3.05) is 24.5 Å². The third kappa shape index (κ3) is 3.01. The Labute approximate surface area is 105 Å². The van der Waals surface area contributed by atoms with E-state index in [1.807, 2.05) is 0 Å². The molecule has 1 fully saturated rings. The van der Waals surface area contributed by atoms with E-state index in [0.717, 1.165) is 19.6 Å². The van der Waals surface area contributed by atoms with Gasteiger partial charge in [-0.3, -0.25) is 0 Å². The van der Waals surface area contributed by atoms with Gasteiger partial charge in [0, 0.05) is 30.9 Å². The lowest BCUT2D eigenvalue weighted by molar-refractivity contribution is 0.353. The first kappa shape index (κ1) is 12.4. The molecule has 17 heavy (non-hydrogen) atoms. The second kappa shape index (κ2) is 4.69. The van der Waals surface area contributed by atoms with Gasteiger partial charge in [-0.2, -0.15) is 0 Å². The number of hydrogen-bond donors (Lipinski definition) is 1. The van der Waals surface area contributed by atoms with Gasteiger partial charge in [-0.1, -0.05) is 26.0 Å². The third-order valence-electron chi connectivity index (χ3n) is 3.50. The van der Waals surface area contributed by atoms with Crippen molar-refractivity contribution in [3.63, 3.8) is 0 Å². The summed E-state index contributed by atoms with van der Waals surface area (Å²) in [5.41, 5.74) is 2.99. The van der Waals surface area contributed by atoms with E-state index < -0.39 is 0 Å². The van der Waals surface area contributed by atoms with E-state index in [4.69, 9.17) is 0 Å². The van der Waals surface area contributed by atoms with Crippen LogP contribution in [-0.4, -0.2) is 25.2 Å². The lowest BCUT2D eigenvalue weighted by Gasteiger charge is -2.40. The summed E-state index contributed by atoms with van der Waals surface area (Å²) in [4.78, 5) is 2.47. The summed E-state index contributed by atoms with van der Waals surface area (Å²) in [5, 5.41) is 3.55. The molecule has 1 N–H and O–H groups in total. The predicted molar refractivity (Wildman–Crippen MR) is 74.8 cm³/mol. The number of nitrogens with zero attached hydrogens (tertiary/aromatic N) is 1. The normalized spacial score (nSPS) is 19.7. The van der Waals surface area contributed by atoms with Crippen LogP contribution in [0.1, 0.15) is 39.2 Å².